The second-order valence-electron chi connectivity index (χ2n) is 2.02. The van der Waals surface area contributed by atoms with Crippen molar-refractivity contribution in [1.82, 2.24) is 0 Å². The summed E-state index contributed by atoms with van der Waals surface area (Å²) in [6.45, 7) is 0.886. The lowest BCUT2D eigenvalue weighted by atomic mass is 10.4. The Morgan fingerprint density at radius 1 is 1.20 bits per heavy atom. The molecule has 3 nitrogen and oxygen atoms in total. The number of carbonyl (C=O) groups is 2. The molecule has 2 atom stereocenters. The molecule has 1 aliphatic rings. The van der Waals surface area contributed by atoms with Gasteiger partial charge in [0.25, 0.3) is 0 Å². The number of carbonyl (C=O) groups excluding carboxylic acids is 2. The van der Waals surface area contributed by atoms with Crippen molar-refractivity contribution >= 4 is 24.3 Å². The minimum Gasteiger partial charge on any atom is -0.378 e. The van der Waals surface area contributed by atoms with E-state index in [1.165, 1.54) is 11.8 Å². The fourth-order valence-electron chi connectivity index (χ4n) is 0.746. The quantitative estimate of drug-likeness (QED) is 0.528. The summed E-state index contributed by atoms with van der Waals surface area (Å²) >= 11 is 1.37. The van der Waals surface area contributed by atoms with Crippen molar-refractivity contribution in [2.45, 2.75) is 10.5 Å². The molecule has 0 amide bonds. The summed E-state index contributed by atoms with van der Waals surface area (Å²) in [6.07, 6.45) is 1.64. The summed E-state index contributed by atoms with van der Waals surface area (Å²) in [6, 6.07) is 0. The molecule has 1 fully saturated rings. The normalized spacial score (nSPS) is 33.2. The van der Waals surface area contributed by atoms with Crippen LogP contribution < -0.4 is 0 Å². The Hall–Kier alpha value is -0.350. The SMILES string of the molecule is O=CC1COCC(C=O)S1. The Morgan fingerprint density at radius 2 is 1.70 bits per heavy atom. The molecule has 0 radical (unpaired) electrons. The first-order valence-corrected chi connectivity index (χ1v) is 3.95. The molecule has 1 saturated heterocycles. The van der Waals surface area contributed by atoms with Gasteiger partial charge in [0.1, 0.15) is 12.6 Å². The van der Waals surface area contributed by atoms with Crippen LogP contribution in [0.3, 0.4) is 0 Å². The highest BCUT2D eigenvalue weighted by molar-refractivity contribution is 8.01. The monoisotopic (exact) mass is 160 g/mol. The topological polar surface area (TPSA) is 43.4 Å². The molecule has 0 spiro atoms. The van der Waals surface area contributed by atoms with Crippen molar-refractivity contribution in [2.75, 3.05) is 13.2 Å². The van der Waals surface area contributed by atoms with Crippen molar-refractivity contribution in [1.29, 1.82) is 0 Å². The maximum absolute atomic E-state index is 10.2. The lowest BCUT2D eigenvalue weighted by Gasteiger charge is -2.21. The molecule has 2 unspecified atom stereocenters. The number of hydrogen-bond donors (Lipinski definition) is 0. The third kappa shape index (κ3) is 1.82. The zero-order chi connectivity index (χ0) is 7.40. The van der Waals surface area contributed by atoms with Gasteiger partial charge in [-0.05, 0) is 0 Å². The second-order valence-corrected chi connectivity index (χ2v) is 3.51. The molecular formula is C6H8O3S. The van der Waals surface area contributed by atoms with E-state index < -0.39 is 0 Å². The summed E-state index contributed by atoms with van der Waals surface area (Å²) < 4.78 is 4.99. The highest BCUT2D eigenvalue weighted by Crippen LogP contribution is 2.20. The lowest BCUT2D eigenvalue weighted by Crippen LogP contribution is -2.29. The Labute approximate surface area is 63.1 Å². The van der Waals surface area contributed by atoms with Gasteiger partial charge in [-0.25, -0.2) is 0 Å². The van der Waals surface area contributed by atoms with E-state index in [1.54, 1.807) is 0 Å². The second kappa shape index (κ2) is 3.73. The van der Waals surface area contributed by atoms with Crippen LogP contribution in [0.4, 0.5) is 0 Å². The minimum atomic E-state index is -0.149. The maximum atomic E-state index is 10.2. The summed E-state index contributed by atoms with van der Waals surface area (Å²) in [5, 5.41) is -0.298. The van der Waals surface area contributed by atoms with Gasteiger partial charge in [-0.2, -0.15) is 0 Å². The van der Waals surface area contributed by atoms with Crippen molar-refractivity contribution in [3.8, 4) is 0 Å². The summed E-state index contributed by atoms with van der Waals surface area (Å²) in [4.78, 5) is 20.4. The van der Waals surface area contributed by atoms with Gasteiger partial charge in [0.15, 0.2) is 0 Å². The van der Waals surface area contributed by atoms with Gasteiger partial charge >= 0.3 is 0 Å². The smallest absolute Gasteiger partial charge is 0.135 e. The molecule has 1 rings (SSSR count). The zero-order valence-electron chi connectivity index (χ0n) is 5.36. The van der Waals surface area contributed by atoms with Gasteiger partial charge in [0, 0.05) is 0 Å². The lowest BCUT2D eigenvalue weighted by molar-refractivity contribution is -0.109. The first-order chi connectivity index (χ1) is 4.86. The number of rotatable bonds is 2. The summed E-state index contributed by atoms with van der Waals surface area (Å²) in [5.74, 6) is 0. The van der Waals surface area contributed by atoms with Crippen LogP contribution in [0.25, 0.3) is 0 Å². The van der Waals surface area contributed by atoms with E-state index in [2.05, 4.69) is 0 Å². The van der Waals surface area contributed by atoms with E-state index in [9.17, 15) is 9.59 Å². The van der Waals surface area contributed by atoms with Gasteiger partial charge in [-0.1, -0.05) is 0 Å². The van der Waals surface area contributed by atoms with Crippen LogP contribution in [0.5, 0.6) is 0 Å². The van der Waals surface area contributed by atoms with E-state index in [4.69, 9.17) is 4.74 Å². The van der Waals surface area contributed by atoms with Crippen LogP contribution in [0.2, 0.25) is 0 Å². The average Bonchev–Trinajstić information content (AvgIpc) is 2.05. The van der Waals surface area contributed by atoms with E-state index in [1.807, 2.05) is 0 Å². The Morgan fingerprint density at radius 3 is 2.10 bits per heavy atom. The standard InChI is InChI=1S/C6H8O3S/c7-1-5-3-9-4-6(2-8)10-5/h1-2,5-6H,3-4H2. The Bertz CT molecular complexity index is 123. The predicted molar refractivity (Wildman–Crippen MR) is 38.1 cm³/mol. The van der Waals surface area contributed by atoms with E-state index in [0.717, 1.165) is 12.6 Å². The highest BCUT2D eigenvalue weighted by atomic mass is 32.2. The van der Waals surface area contributed by atoms with Crippen molar-refractivity contribution < 1.29 is 14.3 Å². The molecular weight excluding hydrogens is 152 g/mol. The first-order valence-electron chi connectivity index (χ1n) is 3.00. The molecule has 10 heavy (non-hydrogen) atoms. The number of aldehydes is 2. The predicted octanol–water partition coefficient (Wildman–Crippen LogP) is -0.115. The van der Waals surface area contributed by atoms with Crippen LogP contribution in [-0.2, 0) is 14.3 Å². The van der Waals surface area contributed by atoms with Crippen LogP contribution in [-0.4, -0.2) is 36.3 Å². The first kappa shape index (κ1) is 7.75. The highest BCUT2D eigenvalue weighted by Gasteiger charge is 2.21. The molecule has 1 heterocycles. The van der Waals surface area contributed by atoms with Crippen LogP contribution in [0.1, 0.15) is 0 Å². The van der Waals surface area contributed by atoms with Gasteiger partial charge in [-0.3, -0.25) is 0 Å². The Kier molecular flexibility index (Phi) is 2.89. The fourth-order valence-corrected chi connectivity index (χ4v) is 1.67. The van der Waals surface area contributed by atoms with Crippen molar-refractivity contribution in [2.24, 2.45) is 0 Å². The van der Waals surface area contributed by atoms with Gasteiger partial charge in [-0.15, -0.1) is 11.8 Å². The van der Waals surface area contributed by atoms with Crippen molar-refractivity contribution in [3.63, 3.8) is 0 Å². The molecule has 56 valence electrons. The van der Waals surface area contributed by atoms with Crippen LogP contribution in [0, 0.1) is 0 Å². The zero-order valence-corrected chi connectivity index (χ0v) is 6.17. The molecule has 0 saturated carbocycles. The van der Waals surface area contributed by atoms with E-state index in [0.29, 0.717) is 13.2 Å². The molecule has 0 bridgehead atoms. The van der Waals surface area contributed by atoms with Gasteiger partial charge < -0.3 is 14.3 Å². The van der Waals surface area contributed by atoms with E-state index >= 15 is 0 Å². The molecule has 0 aromatic heterocycles. The molecule has 4 heteroatoms. The number of thioether (sulfide) groups is 1. The molecule has 0 aromatic rings. The average molecular weight is 160 g/mol. The van der Waals surface area contributed by atoms with Crippen molar-refractivity contribution in [3.05, 3.63) is 0 Å². The largest absolute Gasteiger partial charge is 0.378 e. The van der Waals surface area contributed by atoms with Gasteiger partial charge in [0.05, 0.1) is 23.7 Å². The molecule has 0 aromatic carbocycles. The summed E-state index contributed by atoms with van der Waals surface area (Å²) in [7, 11) is 0. The van der Waals surface area contributed by atoms with Crippen LogP contribution in [0.15, 0.2) is 0 Å². The summed E-state index contributed by atoms with van der Waals surface area (Å²) in [5.41, 5.74) is 0. The van der Waals surface area contributed by atoms with Gasteiger partial charge in [0.2, 0.25) is 0 Å². The molecule has 0 N–H and O–H groups in total. The minimum absolute atomic E-state index is 0.149. The third-order valence-corrected chi connectivity index (χ3v) is 2.41. The third-order valence-electron chi connectivity index (χ3n) is 1.22. The fraction of sp³-hybridized carbons (Fsp3) is 0.667. The van der Waals surface area contributed by atoms with Crippen LogP contribution >= 0.6 is 11.8 Å². The molecule has 0 aliphatic carbocycles. The number of ether oxygens (including phenoxy) is 1. The Balaban J connectivity index is 2.38. The maximum Gasteiger partial charge on any atom is 0.135 e. The number of hydrogen-bond acceptors (Lipinski definition) is 4. The van der Waals surface area contributed by atoms with E-state index in [-0.39, 0.29) is 10.5 Å². The molecule has 1 aliphatic heterocycles.